The predicted molar refractivity (Wildman–Crippen MR) is 77.6 cm³/mol. The minimum Gasteiger partial charge on any atom is -0.494 e. The molecular weight excluding hydrogens is 257 g/mol. The fourth-order valence-corrected chi connectivity index (χ4v) is 2.15. The lowest BCUT2D eigenvalue weighted by Crippen LogP contribution is -2.30. The lowest BCUT2D eigenvalue weighted by atomic mass is 9.97. The molecule has 0 saturated heterocycles. The van der Waals surface area contributed by atoms with Crippen molar-refractivity contribution in [3.63, 3.8) is 0 Å². The van der Waals surface area contributed by atoms with Crippen molar-refractivity contribution in [1.82, 2.24) is 5.43 Å². The fraction of sp³-hybridized carbons (Fsp3) is 0.200. The van der Waals surface area contributed by atoms with E-state index in [1.54, 1.807) is 0 Å². The number of para-hydroxylation sites is 1. The number of rotatable bonds is 5. The maximum absolute atomic E-state index is 13.5. The van der Waals surface area contributed by atoms with Crippen LogP contribution in [-0.2, 0) is 0 Å². The number of nitrogen functional groups attached to an aromatic ring is 1. The molecule has 2 aromatic rings. The first kappa shape index (κ1) is 14.3. The fourth-order valence-electron chi connectivity index (χ4n) is 2.15. The minimum atomic E-state index is -0.437. The van der Waals surface area contributed by atoms with Crippen LogP contribution in [-0.4, -0.2) is 6.61 Å². The van der Waals surface area contributed by atoms with Crippen LogP contribution < -0.4 is 21.7 Å². The van der Waals surface area contributed by atoms with Crippen LogP contribution in [0.3, 0.4) is 0 Å². The maximum Gasteiger partial charge on any atom is 0.124 e. The van der Waals surface area contributed by atoms with Gasteiger partial charge < -0.3 is 10.5 Å². The molecule has 1 unspecified atom stereocenters. The number of hydrazine groups is 1. The van der Waals surface area contributed by atoms with Crippen molar-refractivity contribution in [2.75, 3.05) is 12.3 Å². The minimum absolute atomic E-state index is 0.358. The largest absolute Gasteiger partial charge is 0.494 e. The summed E-state index contributed by atoms with van der Waals surface area (Å²) in [6.07, 6.45) is 0. The van der Waals surface area contributed by atoms with Gasteiger partial charge in [-0.2, -0.15) is 0 Å². The molecule has 0 aromatic heterocycles. The summed E-state index contributed by atoms with van der Waals surface area (Å²) in [6.45, 7) is 2.44. The lowest BCUT2D eigenvalue weighted by molar-refractivity contribution is 0.333. The molecule has 0 aliphatic heterocycles. The molecule has 0 saturated carbocycles. The highest BCUT2D eigenvalue weighted by molar-refractivity contribution is 5.53. The van der Waals surface area contributed by atoms with Crippen LogP contribution in [0.25, 0.3) is 0 Å². The van der Waals surface area contributed by atoms with Gasteiger partial charge in [-0.3, -0.25) is 5.84 Å². The van der Waals surface area contributed by atoms with Gasteiger partial charge >= 0.3 is 0 Å². The van der Waals surface area contributed by atoms with Gasteiger partial charge in [0.1, 0.15) is 11.6 Å². The lowest BCUT2D eigenvalue weighted by Gasteiger charge is -2.21. The zero-order chi connectivity index (χ0) is 14.5. The van der Waals surface area contributed by atoms with E-state index in [1.807, 2.05) is 31.2 Å². The van der Waals surface area contributed by atoms with Crippen LogP contribution in [0.1, 0.15) is 24.1 Å². The van der Waals surface area contributed by atoms with Gasteiger partial charge in [-0.15, -0.1) is 0 Å². The third-order valence-electron chi connectivity index (χ3n) is 3.06. The van der Waals surface area contributed by atoms with Crippen molar-refractivity contribution < 1.29 is 9.13 Å². The molecule has 20 heavy (non-hydrogen) atoms. The zero-order valence-corrected chi connectivity index (χ0v) is 11.3. The first-order valence-electron chi connectivity index (χ1n) is 6.40. The summed E-state index contributed by atoms with van der Waals surface area (Å²) in [5.41, 5.74) is 10.5. The summed E-state index contributed by atoms with van der Waals surface area (Å²) in [7, 11) is 0. The third-order valence-corrected chi connectivity index (χ3v) is 3.06. The van der Waals surface area contributed by atoms with Crippen LogP contribution in [0.5, 0.6) is 5.75 Å². The SMILES string of the molecule is CCOc1ccccc1C(NN)c1cc(F)ccc1N. The van der Waals surface area contributed by atoms with Gasteiger partial charge in [-0.05, 0) is 31.2 Å². The second kappa shape index (κ2) is 6.36. The number of anilines is 1. The van der Waals surface area contributed by atoms with Crippen LogP contribution in [0.15, 0.2) is 42.5 Å². The second-order valence-electron chi connectivity index (χ2n) is 4.34. The Labute approximate surface area is 117 Å². The molecule has 5 heteroatoms. The summed E-state index contributed by atoms with van der Waals surface area (Å²) >= 11 is 0. The standard InChI is InChI=1S/C15H18FN3O/c1-2-20-14-6-4-3-5-11(14)15(19-18)12-9-10(16)7-8-13(12)17/h3-9,15,19H,2,17-18H2,1H3. The normalized spacial score (nSPS) is 12.2. The van der Waals surface area contributed by atoms with Gasteiger partial charge in [0.2, 0.25) is 0 Å². The highest BCUT2D eigenvalue weighted by Crippen LogP contribution is 2.32. The Morgan fingerprint density at radius 3 is 2.65 bits per heavy atom. The maximum atomic E-state index is 13.5. The van der Waals surface area contributed by atoms with Gasteiger partial charge in [-0.25, -0.2) is 9.82 Å². The number of nitrogens with one attached hydrogen (secondary N) is 1. The highest BCUT2D eigenvalue weighted by atomic mass is 19.1. The molecule has 0 fully saturated rings. The van der Waals surface area contributed by atoms with E-state index in [2.05, 4.69) is 5.43 Å². The summed E-state index contributed by atoms with van der Waals surface area (Å²) in [4.78, 5) is 0. The molecule has 0 bridgehead atoms. The van der Waals surface area contributed by atoms with Crippen molar-refractivity contribution in [2.45, 2.75) is 13.0 Å². The molecule has 106 valence electrons. The Morgan fingerprint density at radius 2 is 1.95 bits per heavy atom. The number of hydrogen-bond donors (Lipinski definition) is 3. The van der Waals surface area contributed by atoms with E-state index >= 15 is 0 Å². The Kier molecular flexibility index (Phi) is 4.55. The van der Waals surface area contributed by atoms with E-state index in [9.17, 15) is 4.39 Å². The van der Waals surface area contributed by atoms with E-state index in [-0.39, 0.29) is 5.82 Å². The van der Waals surface area contributed by atoms with E-state index < -0.39 is 6.04 Å². The monoisotopic (exact) mass is 275 g/mol. The molecule has 0 radical (unpaired) electrons. The van der Waals surface area contributed by atoms with Gasteiger partial charge in [0.25, 0.3) is 0 Å². The number of benzene rings is 2. The molecule has 0 aliphatic rings. The molecule has 1 atom stereocenters. The molecule has 0 spiro atoms. The predicted octanol–water partition coefficient (Wildman–Crippen LogP) is 2.36. The topological polar surface area (TPSA) is 73.3 Å². The van der Waals surface area contributed by atoms with Crippen LogP contribution >= 0.6 is 0 Å². The number of nitrogens with two attached hydrogens (primary N) is 2. The van der Waals surface area contributed by atoms with Crippen LogP contribution in [0.2, 0.25) is 0 Å². The van der Waals surface area contributed by atoms with Crippen molar-refractivity contribution in [3.05, 3.63) is 59.4 Å². The summed E-state index contributed by atoms with van der Waals surface area (Å²) < 4.78 is 19.0. The zero-order valence-electron chi connectivity index (χ0n) is 11.3. The number of ether oxygens (including phenoxy) is 1. The summed E-state index contributed by atoms with van der Waals surface area (Å²) in [6, 6.07) is 11.3. The molecule has 4 nitrogen and oxygen atoms in total. The number of hydrogen-bond acceptors (Lipinski definition) is 4. The Balaban J connectivity index is 2.49. The smallest absolute Gasteiger partial charge is 0.124 e. The molecule has 2 rings (SSSR count). The van der Waals surface area contributed by atoms with Crippen molar-refractivity contribution in [3.8, 4) is 5.75 Å². The van der Waals surface area contributed by atoms with Gasteiger partial charge in [0.05, 0.1) is 12.6 Å². The van der Waals surface area contributed by atoms with Crippen molar-refractivity contribution in [1.29, 1.82) is 0 Å². The first-order chi connectivity index (χ1) is 9.67. The Morgan fingerprint density at radius 1 is 1.20 bits per heavy atom. The average Bonchev–Trinajstić information content (AvgIpc) is 2.45. The van der Waals surface area contributed by atoms with Crippen LogP contribution in [0.4, 0.5) is 10.1 Å². The summed E-state index contributed by atoms with van der Waals surface area (Å²) in [5.74, 6) is 5.98. The molecule has 0 amide bonds. The molecule has 0 heterocycles. The van der Waals surface area contributed by atoms with Gasteiger partial charge in [-0.1, -0.05) is 18.2 Å². The molecular formula is C15H18FN3O. The van der Waals surface area contributed by atoms with Gasteiger partial charge in [0, 0.05) is 16.8 Å². The first-order valence-corrected chi connectivity index (χ1v) is 6.40. The highest BCUT2D eigenvalue weighted by Gasteiger charge is 2.19. The Hall–Kier alpha value is -2.11. The van der Waals surface area contributed by atoms with E-state index in [1.165, 1.54) is 18.2 Å². The molecule has 0 aliphatic carbocycles. The van der Waals surface area contributed by atoms with E-state index in [4.69, 9.17) is 16.3 Å². The number of halogens is 1. The van der Waals surface area contributed by atoms with E-state index in [0.717, 1.165) is 5.56 Å². The molecule has 5 N–H and O–H groups in total. The van der Waals surface area contributed by atoms with Crippen LogP contribution in [0, 0.1) is 5.82 Å². The second-order valence-corrected chi connectivity index (χ2v) is 4.34. The quantitative estimate of drug-likeness (QED) is 0.445. The Bertz CT molecular complexity index is 589. The third kappa shape index (κ3) is 2.89. The van der Waals surface area contributed by atoms with E-state index in [0.29, 0.717) is 23.6 Å². The summed E-state index contributed by atoms with van der Waals surface area (Å²) in [5, 5.41) is 0. The van der Waals surface area contributed by atoms with Gasteiger partial charge in [0.15, 0.2) is 0 Å². The van der Waals surface area contributed by atoms with Crippen molar-refractivity contribution >= 4 is 5.69 Å². The van der Waals surface area contributed by atoms with Crippen molar-refractivity contribution in [2.24, 2.45) is 5.84 Å². The molecule has 2 aromatic carbocycles. The average molecular weight is 275 g/mol.